The molecular formula is C24H31N3O2. The van der Waals surface area contributed by atoms with Crippen LogP contribution in [0.5, 0.6) is 0 Å². The van der Waals surface area contributed by atoms with Crippen LogP contribution in [0.15, 0.2) is 30.5 Å². The number of H-pyrrole nitrogens is 1. The molecule has 1 unspecified atom stereocenters. The Morgan fingerprint density at radius 3 is 2.48 bits per heavy atom. The fourth-order valence-electron chi connectivity index (χ4n) is 4.74. The van der Waals surface area contributed by atoms with E-state index in [2.05, 4.69) is 16.9 Å². The number of imidazole rings is 1. The first kappa shape index (κ1) is 19.9. The second-order valence-electron chi connectivity index (χ2n) is 8.80. The normalized spacial score (nSPS) is 18.3. The van der Waals surface area contributed by atoms with Crippen LogP contribution in [-0.4, -0.2) is 33.2 Å². The van der Waals surface area contributed by atoms with Crippen LogP contribution in [0.3, 0.4) is 0 Å². The predicted octanol–water partition coefficient (Wildman–Crippen LogP) is 4.79. The van der Waals surface area contributed by atoms with Gasteiger partial charge in [-0.3, -0.25) is 14.5 Å². The molecule has 1 aromatic carbocycles. The summed E-state index contributed by atoms with van der Waals surface area (Å²) in [6, 6.07) is 7.03. The topological polar surface area (TPSA) is 66.1 Å². The molecular weight excluding hydrogens is 362 g/mol. The number of rotatable bonds is 8. The third kappa shape index (κ3) is 4.60. The number of amides is 2. The maximum atomic E-state index is 12.5. The number of aromatic amines is 1. The van der Waals surface area contributed by atoms with Crippen LogP contribution in [-0.2, 0) is 12.8 Å². The number of hydrogen-bond donors (Lipinski definition) is 1. The van der Waals surface area contributed by atoms with E-state index in [1.807, 2.05) is 6.20 Å². The average molecular weight is 394 g/mol. The molecule has 0 spiro atoms. The Kier molecular flexibility index (Phi) is 6.12. The van der Waals surface area contributed by atoms with Crippen LogP contribution >= 0.6 is 0 Å². The Morgan fingerprint density at radius 1 is 1.10 bits per heavy atom. The lowest BCUT2D eigenvalue weighted by Crippen LogP contribution is -2.31. The number of fused-ring (bicyclic) bond motifs is 1. The number of nitrogens with zero attached hydrogens (tertiary/aromatic N) is 2. The Hall–Kier alpha value is -2.43. The fraction of sp³-hybridized carbons (Fsp3) is 0.542. The largest absolute Gasteiger partial charge is 0.346 e. The minimum atomic E-state index is -0.193. The van der Waals surface area contributed by atoms with E-state index in [0.717, 1.165) is 23.9 Å². The minimum absolute atomic E-state index is 0.193. The molecule has 0 radical (unpaired) electrons. The van der Waals surface area contributed by atoms with E-state index in [1.165, 1.54) is 49.8 Å². The zero-order valence-electron chi connectivity index (χ0n) is 17.3. The number of carbonyl (C=O) groups excluding carboxylic acids is 2. The summed E-state index contributed by atoms with van der Waals surface area (Å²) in [4.78, 5) is 34.2. The van der Waals surface area contributed by atoms with E-state index in [0.29, 0.717) is 30.0 Å². The average Bonchev–Trinajstić information content (AvgIpc) is 3.29. The Morgan fingerprint density at radius 2 is 1.79 bits per heavy atom. The first-order valence-electron chi connectivity index (χ1n) is 11.1. The molecule has 0 saturated heterocycles. The lowest BCUT2D eigenvalue weighted by atomic mass is 9.84. The van der Waals surface area contributed by atoms with E-state index >= 15 is 0 Å². The molecule has 29 heavy (non-hydrogen) atoms. The van der Waals surface area contributed by atoms with E-state index in [1.54, 1.807) is 24.3 Å². The standard InChI is InChI=1S/C24H31N3O2/c1-17(11-12-18-7-3-2-4-8-18)15-22-25-16-19(26-22)13-14-27-23(28)20-9-5-6-10-21(20)24(27)29/h5-6,9-10,16-18H,2-4,7-8,11-15H2,1H3,(H,25,26). The molecule has 1 N–H and O–H groups in total. The quantitative estimate of drug-likeness (QED) is 0.656. The van der Waals surface area contributed by atoms with Crippen molar-refractivity contribution < 1.29 is 9.59 Å². The molecule has 1 saturated carbocycles. The number of carbonyl (C=O) groups is 2. The molecule has 2 aliphatic rings. The molecule has 0 bridgehead atoms. The highest BCUT2D eigenvalue weighted by Gasteiger charge is 2.34. The van der Waals surface area contributed by atoms with Crippen LogP contribution in [0, 0.1) is 11.8 Å². The van der Waals surface area contributed by atoms with Gasteiger partial charge < -0.3 is 4.98 Å². The van der Waals surface area contributed by atoms with Crippen molar-refractivity contribution in [1.82, 2.24) is 14.9 Å². The molecule has 154 valence electrons. The lowest BCUT2D eigenvalue weighted by Gasteiger charge is -2.22. The third-order valence-electron chi connectivity index (χ3n) is 6.50. The van der Waals surface area contributed by atoms with Crippen molar-refractivity contribution in [3.63, 3.8) is 0 Å². The molecule has 1 aliphatic heterocycles. The summed E-state index contributed by atoms with van der Waals surface area (Å²) in [7, 11) is 0. The molecule has 2 heterocycles. The van der Waals surface area contributed by atoms with Crippen LogP contribution in [0.2, 0.25) is 0 Å². The maximum absolute atomic E-state index is 12.5. The second-order valence-corrected chi connectivity index (χ2v) is 8.80. The zero-order valence-corrected chi connectivity index (χ0v) is 17.3. The van der Waals surface area contributed by atoms with Crippen LogP contribution < -0.4 is 0 Å². The van der Waals surface area contributed by atoms with Crippen molar-refractivity contribution in [2.45, 2.75) is 64.7 Å². The third-order valence-corrected chi connectivity index (χ3v) is 6.50. The van der Waals surface area contributed by atoms with Gasteiger partial charge in [-0.1, -0.05) is 64.0 Å². The molecule has 2 aromatic rings. The number of hydrogen-bond acceptors (Lipinski definition) is 3. The number of benzene rings is 1. The summed E-state index contributed by atoms with van der Waals surface area (Å²) in [5.41, 5.74) is 2.00. The van der Waals surface area contributed by atoms with Crippen molar-refractivity contribution in [2.24, 2.45) is 11.8 Å². The highest BCUT2D eigenvalue weighted by Crippen LogP contribution is 2.29. The summed E-state index contributed by atoms with van der Waals surface area (Å²) in [6.07, 6.45) is 13.1. The van der Waals surface area contributed by atoms with Crippen LogP contribution in [0.25, 0.3) is 0 Å². The first-order chi connectivity index (χ1) is 14.1. The van der Waals surface area contributed by atoms with Crippen molar-refractivity contribution in [1.29, 1.82) is 0 Å². The van der Waals surface area contributed by atoms with Crippen molar-refractivity contribution in [2.75, 3.05) is 6.54 Å². The fourth-order valence-corrected chi connectivity index (χ4v) is 4.74. The number of imide groups is 1. The highest BCUT2D eigenvalue weighted by molar-refractivity contribution is 6.21. The SMILES string of the molecule is CC(CCC1CCCCC1)Cc1ncc(CCN2C(=O)c3ccccc3C2=O)[nH]1. The van der Waals surface area contributed by atoms with Gasteiger partial charge in [-0.25, -0.2) is 4.98 Å². The van der Waals surface area contributed by atoms with Crippen molar-refractivity contribution in [3.8, 4) is 0 Å². The van der Waals surface area contributed by atoms with E-state index in [4.69, 9.17) is 0 Å². The molecule has 1 fully saturated rings. The molecule has 1 aliphatic carbocycles. The summed E-state index contributed by atoms with van der Waals surface area (Å²) < 4.78 is 0. The highest BCUT2D eigenvalue weighted by atomic mass is 16.2. The van der Waals surface area contributed by atoms with Gasteiger partial charge in [-0.15, -0.1) is 0 Å². The smallest absolute Gasteiger partial charge is 0.261 e. The molecule has 5 heteroatoms. The van der Waals surface area contributed by atoms with Gasteiger partial charge in [0.25, 0.3) is 11.8 Å². The van der Waals surface area contributed by atoms with Crippen molar-refractivity contribution in [3.05, 3.63) is 53.1 Å². The number of nitrogens with one attached hydrogen (secondary N) is 1. The zero-order chi connectivity index (χ0) is 20.2. The Bertz CT molecular complexity index is 832. The van der Waals surface area contributed by atoms with Gasteiger partial charge in [0, 0.05) is 31.3 Å². The Balaban J connectivity index is 1.25. The van der Waals surface area contributed by atoms with Gasteiger partial charge >= 0.3 is 0 Å². The molecule has 5 nitrogen and oxygen atoms in total. The van der Waals surface area contributed by atoms with Crippen molar-refractivity contribution >= 4 is 11.8 Å². The van der Waals surface area contributed by atoms with Gasteiger partial charge in [0.05, 0.1) is 11.1 Å². The number of aromatic nitrogens is 2. The van der Waals surface area contributed by atoms with Gasteiger partial charge in [-0.05, 0) is 24.0 Å². The monoisotopic (exact) mass is 393 g/mol. The molecule has 2 amide bonds. The minimum Gasteiger partial charge on any atom is -0.346 e. The molecule has 4 rings (SSSR count). The summed E-state index contributed by atoms with van der Waals surface area (Å²) in [5.74, 6) is 2.17. The van der Waals surface area contributed by atoms with Gasteiger partial charge in [0.1, 0.15) is 5.82 Å². The molecule has 1 atom stereocenters. The van der Waals surface area contributed by atoms with E-state index in [-0.39, 0.29) is 11.8 Å². The lowest BCUT2D eigenvalue weighted by molar-refractivity contribution is 0.0656. The Labute approximate surface area is 172 Å². The van der Waals surface area contributed by atoms with Gasteiger partial charge in [0.2, 0.25) is 0 Å². The van der Waals surface area contributed by atoms with Gasteiger partial charge in [-0.2, -0.15) is 0 Å². The van der Waals surface area contributed by atoms with Gasteiger partial charge in [0.15, 0.2) is 0 Å². The second kappa shape index (κ2) is 8.93. The summed E-state index contributed by atoms with van der Waals surface area (Å²) in [6.45, 7) is 2.69. The summed E-state index contributed by atoms with van der Waals surface area (Å²) in [5, 5.41) is 0. The predicted molar refractivity (Wildman–Crippen MR) is 113 cm³/mol. The maximum Gasteiger partial charge on any atom is 0.261 e. The van der Waals surface area contributed by atoms with E-state index < -0.39 is 0 Å². The molecule has 1 aromatic heterocycles. The van der Waals surface area contributed by atoms with E-state index in [9.17, 15) is 9.59 Å². The van der Waals surface area contributed by atoms with Crippen LogP contribution in [0.4, 0.5) is 0 Å². The first-order valence-corrected chi connectivity index (χ1v) is 11.1. The van der Waals surface area contributed by atoms with Crippen LogP contribution in [0.1, 0.15) is 84.1 Å². The summed E-state index contributed by atoms with van der Waals surface area (Å²) >= 11 is 0.